The Morgan fingerprint density at radius 3 is 2.90 bits per heavy atom. The first-order valence-electron chi connectivity index (χ1n) is 6.51. The van der Waals surface area contributed by atoms with Gasteiger partial charge in [0, 0.05) is 4.47 Å². The predicted molar refractivity (Wildman–Crippen MR) is 79.3 cm³/mol. The number of nitriles is 1. The van der Waals surface area contributed by atoms with E-state index in [9.17, 15) is 4.79 Å². The van der Waals surface area contributed by atoms with E-state index in [2.05, 4.69) is 26.6 Å². The molecule has 0 atom stereocenters. The standard InChI is InChI=1S/C14H16BrN3O2/c15-12-7-10(8-16)1-2-13(12)18-14(19)9-20-11-3-5-17-6-4-11/h1-2,7,11,17H,3-6,9H2,(H,18,19). The highest BCUT2D eigenvalue weighted by Crippen LogP contribution is 2.23. The first-order valence-corrected chi connectivity index (χ1v) is 7.30. The molecule has 1 aliphatic rings. The van der Waals surface area contributed by atoms with Crippen LogP contribution in [0.4, 0.5) is 5.69 Å². The third kappa shape index (κ3) is 4.30. The number of nitrogens with one attached hydrogen (secondary N) is 2. The van der Waals surface area contributed by atoms with Gasteiger partial charge in [0.1, 0.15) is 6.61 Å². The van der Waals surface area contributed by atoms with Crippen molar-refractivity contribution < 1.29 is 9.53 Å². The third-order valence-electron chi connectivity index (χ3n) is 3.11. The van der Waals surface area contributed by atoms with Gasteiger partial charge in [-0.05, 0) is 60.1 Å². The summed E-state index contributed by atoms with van der Waals surface area (Å²) in [6.07, 6.45) is 2.04. The highest BCUT2D eigenvalue weighted by atomic mass is 79.9. The second-order valence-electron chi connectivity index (χ2n) is 4.61. The minimum atomic E-state index is -0.186. The molecule has 6 heteroatoms. The van der Waals surface area contributed by atoms with E-state index >= 15 is 0 Å². The number of hydrogen-bond acceptors (Lipinski definition) is 4. The fraction of sp³-hybridized carbons (Fsp3) is 0.429. The number of amides is 1. The number of piperidine rings is 1. The quantitative estimate of drug-likeness (QED) is 0.881. The van der Waals surface area contributed by atoms with Crippen molar-refractivity contribution in [2.45, 2.75) is 18.9 Å². The Labute approximate surface area is 126 Å². The molecule has 106 valence electrons. The summed E-state index contributed by atoms with van der Waals surface area (Å²) in [5.74, 6) is -0.186. The van der Waals surface area contributed by atoms with E-state index in [-0.39, 0.29) is 18.6 Å². The number of halogens is 1. The molecule has 1 fully saturated rings. The molecule has 1 aromatic rings. The Hall–Kier alpha value is -1.42. The normalized spacial score (nSPS) is 15.6. The Morgan fingerprint density at radius 1 is 1.50 bits per heavy atom. The van der Waals surface area contributed by atoms with Crippen LogP contribution in [0, 0.1) is 11.3 Å². The molecule has 1 aromatic carbocycles. The molecule has 0 unspecified atom stereocenters. The fourth-order valence-electron chi connectivity index (χ4n) is 2.03. The van der Waals surface area contributed by atoms with E-state index in [4.69, 9.17) is 10.00 Å². The lowest BCUT2D eigenvalue weighted by molar-refractivity contribution is -0.123. The van der Waals surface area contributed by atoms with Gasteiger partial charge in [0.25, 0.3) is 0 Å². The SMILES string of the molecule is N#Cc1ccc(NC(=O)COC2CCNCC2)c(Br)c1. The molecule has 1 amide bonds. The van der Waals surface area contributed by atoms with Crippen molar-refractivity contribution in [3.63, 3.8) is 0 Å². The molecule has 1 aliphatic heterocycles. The number of carbonyl (C=O) groups is 1. The van der Waals surface area contributed by atoms with Crippen LogP contribution >= 0.6 is 15.9 Å². The van der Waals surface area contributed by atoms with E-state index in [1.807, 2.05) is 6.07 Å². The van der Waals surface area contributed by atoms with Crippen LogP contribution in [-0.4, -0.2) is 31.7 Å². The average molecular weight is 338 g/mol. The highest BCUT2D eigenvalue weighted by Gasteiger charge is 2.15. The third-order valence-corrected chi connectivity index (χ3v) is 3.76. The number of rotatable bonds is 4. The molecule has 2 N–H and O–H groups in total. The van der Waals surface area contributed by atoms with Gasteiger partial charge in [-0.3, -0.25) is 4.79 Å². The molecule has 2 rings (SSSR count). The molecule has 1 heterocycles. The number of anilines is 1. The number of hydrogen-bond donors (Lipinski definition) is 2. The van der Waals surface area contributed by atoms with Crippen LogP contribution in [0.1, 0.15) is 18.4 Å². The summed E-state index contributed by atoms with van der Waals surface area (Å²) in [4.78, 5) is 11.8. The van der Waals surface area contributed by atoms with Gasteiger partial charge in [-0.15, -0.1) is 0 Å². The number of carbonyl (C=O) groups excluding carboxylic acids is 1. The van der Waals surface area contributed by atoms with Crippen LogP contribution < -0.4 is 10.6 Å². The van der Waals surface area contributed by atoms with Gasteiger partial charge in [-0.25, -0.2) is 0 Å². The van der Waals surface area contributed by atoms with Crippen molar-refractivity contribution >= 4 is 27.5 Å². The zero-order valence-corrected chi connectivity index (χ0v) is 12.6. The summed E-state index contributed by atoms with van der Waals surface area (Å²) in [5, 5.41) is 14.8. The second kappa shape index (κ2) is 7.39. The van der Waals surface area contributed by atoms with Crippen molar-refractivity contribution in [3.05, 3.63) is 28.2 Å². The molecular weight excluding hydrogens is 322 g/mol. The monoisotopic (exact) mass is 337 g/mol. The summed E-state index contributed by atoms with van der Waals surface area (Å²) in [6.45, 7) is 1.93. The lowest BCUT2D eigenvalue weighted by Gasteiger charge is -2.22. The number of benzene rings is 1. The summed E-state index contributed by atoms with van der Waals surface area (Å²) >= 11 is 3.33. The summed E-state index contributed by atoms with van der Waals surface area (Å²) < 4.78 is 6.27. The van der Waals surface area contributed by atoms with Crippen LogP contribution in [0.25, 0.3) is 0 Å². The van der Waals surface area contributed by atoms with Crippen LogP contribution in [0.5, 0.6) is 0 Å². The zero-order valence-electron chi connectivity index (χ0n) is 11.0. The minimum Gasteiger partial charge on any atom is -0.368 e. The summed E-state index contributed by atoms with van der Waals surface area (Å²) in [5.41, 5.74) is 1.18. The lowest BCUT2D eigenvalue weighted by atomic mass is 10.1. The second-order valence-corrected chi connectivity index (χ2v) is 5.47. The maximum atomic E-state index is 11.8. The largest absolute Gasteiger partial charge is 0.368 e. The molecule has 0 radical (unpaired) electrons. The molecule has 0 saturated carbocycles. The van der Waals surface area contributed by atoms with E-state index in [1.54, 1.807) is 18.2 Å². The van der Waals surface area contributed by atoms with Gasteiger partial charge in [-0.1, -0.05) is 0 Å². The van der Waals surface area contributed by atoms with Gasteiger partial charge in [-0.2, -0.15) is 5.26 Å². The van der Waals surface area contributed by atoms with Gasteiger partial charge in [0.05, 0.1) is 23.4 Å². The predicted octanol–water partition coefficient (Wildman–Crippen LogP) is 2.03. The van der Waals surface area contributed by atoms with Crippen LogP contribution in [0.2, 0.25) is 0 Å². The fourth-order valence-corrected chi connectivity index (χ4v) is 2.51. The molecule has 0 bridgehead atoms. The van der Waals surface area contributed by atoms with E-state index in [1.165, 1.54) is 0 Å². The molecule has 1 saturated heterocycles. The van der Waals surface area contributed by atoms with Crippen molar-refractivity contribution in [2.75, 3.05) is 25.0 Å². The van der Waals surface area contributed by atoms with Gasteiger partial charge in [0.2, 0.25) is 5.91 Å². The zero-order chi connectivity index (χ0) is 14.4. The Kier molecular flexibility index (Phi) is 5.53. The van der Waals surface area contributed by atoms with Crippen LogP contribution in [0.15, 0.2) is 22.7 Å². The first kappa shape index (κ1) is 15.0. The highest BCUT2D eigenvalue weighted by molar-refractivity contribution is 9.10. The Bertz CT molecular complexity index is 522. The molecule has 0 aliphatic carbocycles. The maximum Gasteiger partial charge on any atom is 0.250 e. The molecular formula is C14H16BrN3O2. The van der Waals surface area contributed by atoms with Crippen molar-refractivity contribution in [1.29, 1.82) is 5.26 Å². The Balaban J connectivity index is 1.83. The van der Waals surface area contributed by atoms with E-state index in [0.29, 0.717) is 15.7 Å². The topological polar surface area (TPSA) is 74.2 Å². The smallest absolute Gasteiger partial charge is 0.250 e. The molecule has 0 aromatic heterocycles. The molecule has 0 spiro atoms. The Morgan fingerprint density at radius 2 is 2.25 bits per heavy atom. The van der Waals surface area contributed by atoms with E-state index in [0.717, 1.165) is 25.9 Å². The first-order chi connectivity index (χ1) is 9.69. The summed E-state index contributed by atoms with van der Waals surface area (Å²) in [7, 11) is 0. The van der Waals surface area contributed by atoms with Gasteiger partial charge in [0.15, 0.2) is 0 Å². The number of ether oxygens (including phenoxy) is 1. The van der Waals surface area contributed by atoms with Gasteiger partial charge < -0.3 is 15.4 Å². The molecule has 20 heavy (non-hydrogen) atoms. The minimum absolute atomic E-state index is 0.0527. The van der Waals surface area contributed by atoms with E-state index < -0.39 is 0 Å². The number of nitrogens with zero attached hydrogens (tertiary/aromatic N) is 1. The van der Waals surface area contributed by atoms with Crippen molar-refractivity contribution in [3.8, 4) is 6.07 Å². The van der Waals surface area contributed by atoms with Crippen molar-refractivity contribution in [2.24, 2.45) is 0 Å². The summed E-state index contributed by atoms with van der Waals surface area (Å²) in [6, 6.07) is 7.07. The average Bonchev–Trinajstić information content (AvgIpc) is 2.48. The molecule has 5 nitrogen and oxygen atoms in total. The van der Waals surface area contributed by atoms with Crippen LogP contribution in [0.3, 0.4) is 0 Å². The van der Waals surface area contributed by atoms with Crippen LogP contribution in [-0.2, 0) is 9.53 Å². The van der Waals surface area contributed by atoms with Crippen molar-refractivity contribution in [1.82, 2.24) is 5.32 Å². The van der Waals surface area contributed by atoms with Gasteiger partial charge >= 0.3 is 0 Å². The lowest BCUT2D eigenvalue weighted by Crippen LogP contribution is -2.34. The maximum absolute atomic E-state index is 11.8.